The van der Waals surface area contributed by atoms with Gasteiger partial charge in [-0.1, -0.05) is 53.7 Å². The van der Waals surface area contributed by atoms with Crippen molar-refractivity contribution in [2.24, 2.45) is 0 Å². The second-order valence-corrected chi connectivity index (χ2v) is 10.1. The summed E-state index contributed by atoms with van der Waals surface area (Å²) in [5.41, 5.74) is 5.67. The SMILES string of the molecule is COC(=O)c1cc(-c2ccc(-c3ccc(-c4cc(CNC(=O)OC(C)(C)C)on4)cc3)cc2)nc2ccncc12. The molecule has 0 spiro atoms. The van der Waals surface area contributed by atoms with Crippen LogP contribution in [0.5, 0.6) is 0 Å². The molecule has 0 fully saturated rings. The predicted molar refractivity (Wildman–Crippen MR) is 150 cm³/mol. The lowest BCUT2D eigenvalue weighted by molar-refractivity contribution is 0.0517. The van der Waals surface area contributed by atoms with E-state index in [1.54, 1.807) is 51.4 Å². The Kier molecular flexibility index (Phi) is 7.29. The van der Waals surface area contributed by atoms with Crippen LogP contribution in [0.15, 0.2) is 83.6 Å². The molecule has 0 atom stereocenters. The van der Waals surface area contributed by atoms with Crippen molar-refractivity contribution in [1.82, 2.24) is 20.4 Å². The van der Waals surface area contributed by atoms with Crippen LogP contribution in [-0.4, -0.2) is 39.9 Å². The summed E-state index contributed by atoms with van der Waals surface area (Å²) in [7, 11) is 1.36. The van der Waals surface area contributed by atoms with Gasteiger partial charge < -0.3 is 19.3 Å². The lowest BCUT2D eigenvalue weighted by Gasteiger charge is -2.19. The van der Waals surface area contributed by atoms with Gasteiger partial charge >= 0.3 is 12.1 Å². The number of nitrogens with one attached hydrogen (secondary N) is 1. The Bertz CT molecular complexity index is 1670. The van der Waals surface area contributed by atoms with E-state index in [1.165, 1.54) is 7.11 Å². The Morgan fingerprint density at radius 3 is 2.12 bits per heavy atom. The highest BCUT2D eigenvalue weighted by molar-refractivity contribution is 6.04. The zero-order chi connectivity index (χ0) is 28.3. The minimum atomic E-state index is -0.571. The van der Waals surface area contributed by atoms with Crippen molar-refractivity contribution in [2.75, 3.05) is 7.11 Å². The van der Waals surface area contributed by atoms with Crippen LogP contribution in [0.25, 0.3) is 44.5 Å². The monoisotopic (exact) mass is 536 g/mol. The third kappa shape index (κ3) is 5.99. The van der Waals surface area contributed by atoms with Crippen molar-refractivity contribution in [2.45, 2.75) is 32.9 Å². The zero-order valence-electron chi connectivity index (χ0n) is 22.6. The van der Waals surface area contributed by atoms with Crippen LogP contribution < -0.4 is 5.32 Å². The van der Waals surface area contributed by atoms with Crippen molar-refractivity contribution >= 4 is 23.0 Å². The quantitative estimate of drug-likeness (QED) is 0.247. The van der Waals surface area contributed by atoms with Gasteiger partial charge in [0.25, 0.3) is 0 Å². The van der Waals surface area contributed by atoms with Crippen molar-refractivity contribution in [3.8, 4) is 33.6 Å². The minimum Gasteiger partial charge on any atom is -0.465 e. The summed E-state index contributed by atoms with van der Waals surface area (Å²) < 4.78 is 15.6. The number of alkyl carbamates (subject to hydrolysis) is 1. The van der Waals surface area contributed by atoms with Crippen molar-refractivity contribution in [3.05, 3.63) is 90.4 Å². The highest BCUT2D eigenvalue weighted by Gasteiger charge is 2.17. The molecule has 0 aliphatic carbocycles. The Morgan fingerprint density at radius 1 is 0.875 bits per heavy atom. The van der Waals surface area contributed by atoms with Gasteiger partial charge in [0.15, 0.2) is 5.76 Å². The number of esters is 1. The van der Waals surface area contributed by atoms with Gasteiger partial charge in [0, 0.05) is 35.0 Å². The molecule has 1 amide bonds. The first-order chi connectivity index (χ1) is 19.2. The molecular weight excluding hydrogens is 508 g/mol. The number of amides is 1. The Morgan fingerprint density at radius 2 is 1.50 bits per heavy atom. The van der Waals surface area contributed by atoms with Gasteiger partial charge in [0.05, 0.1) is 30.4 Å². The summed E-state index contributed by atoms with van der Waals surface area (Å²) in [6.45, 7) is 5.59. The summed E-state index contributed by atoms with van der Waals surface area (Å²) >= 11 is 0. The molecule has 0 saturated carbocycles. The average Bonchev–Trinajstić information content (AvgIpc) is 3.43. The first-order valence-electron chi connectivity index (χ1n) is 12.7. The minimum absolute atomic E-state index is 0.177. The molecule has 0 saturated heterocycles. The van der Waals surface area contributed by atoms with Crippen LogP contribution >= 0.6 is 0 Å². The molecule has 9 heteroatoms. The smallest absolute Gasteiger partial charge is 0.408 e. The van der Waals surface area contributed by atoms with Crippen LogP contribution in [0.3, 0.4) is 0 Å². The normalized spacial score (nSPS) is 11.3. The number of ether oxygens (including phenoxy) is 2. The molecule has 5 aromatic rings. The number of methoxy groups -OCH3 is 1. The number of benzene rings is 2. The molecule has 40 heavy (non-hydrogen) atoms. The largest absolute Gasteiger partial charge is 0.465 e. The van der Waals surface area contributed by atoms with Crippen molar-refractivity contribution in [1.29, 1.82) is 0 Å². The molecule has 3 heterocycles. The summed E-state index contributed by atoms with van der Waals surface area (Å²) in [6.07, 6.45) is 2.75. The van der Waals surface area contributed by atoms with Gasteiger partial charge in [0.1, 0.15) is 11.3 Å². The highest BCUT2D eigenvalue weighted by atomic mass is 16.6. The molecule has 2 aromatic carbocycles. The summed E-state index contributed by atoms with van der Waals surface area (Å²) in [4.78, 5) is 33.1. The summed E-state index contributed by atoms with van der Waals surface area (Å²) in [6, 6.07) is 21.2. The summed E-state index contributed by atoms with van der Waals surface area (Å²) in [5, 5.41) is 7.43. The van der Waals surface area contributed by atoms with E-state index in [0.717, 1.165) is 22.3 Å². The first-order valence-corrected chi connectivity index (χ1v) is 12.7. The number of nitrogens with zero attached hydrogens (tertiary/aromatic N) is 3. The number of carbonyl (C=O) groups excluding carboxylic acids is 2. The van der Waals surface area contributed by atoms with E-state index in [2.05, 4.69) is 15.5 Å². The Balaban J connectivity index is 1.30. The van der Waals surface area contributed by atoms with E-state index in [1.807, 2.05) is 48.5 Å². The van der Waals surface area contributed by atoms with Crippen LogP contribution in [0, 0.1) is 0 Å². The second-order valence-electron chi connectivity index (χ2n) is 10.1. The van der Waals surface area contributed by atoms with Crippen LogP contribution in [0.4, 0.5) is 4.79 Å². The maximum absolute atomic E-state index is 12.4. The number of aromatic nitrogens is 3. The first kappa shape index (κ1) is 26.6. The molecule has 3 aromatic heterocycles. The van der Waals surface area contributed by atoms with Crippen molar-refractivity contribution < 1.29 is 23.6 Å². The lowest BCUT2D eigenvalue weighted by Crippen LogP contribution is -2.32. The number of pyridine rings is 2. The van der Waals surface area contributed by atoms with Crippen LogP contribution in [0.1, 0.15) is 36.9 Å². The molecular formula is C31H28N4O5. The average molecular weight is 537 g/mol. The molecule has 9 nitrogen and oxygen atoms in total. The number of rotatable bonds is 6. The lowest BCUT2D eigenvalue weighted by atomic mass is 10.00. The van der Waals surface area contributed by atoms with Gasteiger partial charge in [-0.05, 0) is 44.0 Å². The van der Waals surface area contributed by atoms with Gasteiger partial charge in [0.2, 0.25) is 0 Å². The fourth-order valence-electron chi connectivity index (χ4n) is 4.17. The third-order valence-electron chi connectivity index (χ3n) is 6.07. The third-order valence-corrected chi connectivity index (χ3v) is 6.07. The Labute approximate surface area is 231 Å². The number of fused-ring (bicyclic) bond motifs is 1. The predicted octanol–water partition coefficient (Wildman–Crippen LogP) is 6.43. The number of hydrogen-bond acceptors (Lipinski definition) is 8. The van der Waals surface area contributed by atoms with E-state index < -0.39 is 17.7 Å². The van der Waals surface area contributed by atoms with Crippen molar-refractivity contribution in [3.63, 3.8) is 0 Å². The molecule has 202 valence electrons. The standard InChI is InChI=1S/C31H28N4O5/c1-31(2,3)39-30(37)33-17-23-15-28(35-40-23)22-11-7-20(8-12-22)19-5-9-21(10-6-19)27-16-24(29(36)38-4)25-18-32-14-13-26(25)34-27/h5-16,18H,17H2,1-4H3,(H,33,37). The van der Waals surface area contributed by atoms with E-state index in [-0.39, 0.29) is 6.54 Å². The molecule has 0 radical (unpaired) electrons. The molecule has 0 bridgehead atoms. The number of carbonyl (C=O) groups is 2. The Hall–Kier alpha value is -5.05. The fourth-order valence-corrected chi connectivity index (χ4v) is 4.17. The second kappa shape index (κ2) is 11.0. The van der Waals surface area contributed by atoms with E-state index in [0.29, 0.717) is 33.6 Å². The van der Waals surface area contributed by atoms with Crippen LogP contribution in [0.2, 0.25) is 0 Å². The highest BCUT2D eigenvalue weighted by Crippen LogP contribution is 2.29. The zero-order valence-corrected chi connectivity index (χ0v) is 22.6. The van der Waals surface area contributed by atoms with Gasteiger partial charge in [-0.3, -0.25) is 4.98 Å². The molecule has 1 N–H and O–H groups in total. The number of hydrogen-bond donors (Lipinski definition) is 1. The van der Waals surface area contributed by atoms with E-state index in [9.17, 15) is 9.59 Å². The van der Waals surface area contributed by atoms with Gasteiger partial charge in [-0.25, -0.2) is 14.6 Å². The topological polar surface area (TPSA) is 116 Å². The summed E-state index contributed by atoms with van der Waals surface area (Å²) in [5.74, 6) is 0.0892. The molecule has 0 aliphatic heterocycles. The molecule has 5 rings (SSSR count). The molecule has 0 unspecified atom stereocenters. The maximum atomic E-state index is 12.4. The van der Waals surface area contributed by atoms with Crippen LogP contribution in [-0.2, 0) is 16.0 Å². The van der Waals surface area contributed by atoms with E-state index >= 15 is 0 Å². The maximum Gasteiger partial charge on any atom is 0.408 e. The fraction of sp³-hybridized carbons (Fsp3) is 0.194. The van der Waals surface area contributed by atoms with Gasteiger partial charge in [-0.15, -0.1) is 0 Å². The van der Waals surface area contributed by atoms with E-state index in [4.69, 9.17) is 19.0 Å². The van der Waals surface area contributed by atoms with Gasteiger partial charge in [-0.2, -0.15) is 0 Å². The molecule has 0 aliphatic rings.